The van der Waals surface area contributed by atoms with Gasteiger partial charge in [0.2, 0.25) is 0 Å². The molecule has 106 heavy (non-hydrogen) atoms. The molecule has 606 valence electrons. The summed E-state index contributed by atoms with van der Waals surface area (Å²) in [6.45, 7) is 4.55. The summed E-state index contributed by atoms with van der Waals surface area (Å²) in [4.78, 5) is 73.1. The molecule has 0 radical (unpaired) electrons. The predicted molar refractivity (Wildman–Crippen MR) is 436 cm³/mol. The fourth-order valence-electron chi connectivity index (χ4n) is 10.6. The van der Waals surface area contributed by atoms with E-state index in [4.69, 9.17) is 37.0 Å². The van der Waals surface area contributed by atoms with Crippen molar-refractivity contribution in [2.45, 2.75) is 341 Å². The highest BCUT2D eigenvalue weighted by Gasteiger charge is 2.30. The van der Waals surface area contributed by atoms with Gasteiger partial charge in [-0.05, 0) is 148 Å². The van der Waals surface area contributed by atoms with Crippen molar-refractivity contribution in [2.75, 3.05) is 39.6 Å². The number of carbonyl (C=O) groups excluding carboxylic acids is 4. The minimum absolute atomic E-state index is 0.0686. The highest BCUT2D eigenvalue weighted by molar-refractivity contribution is 7.47. The van der Waals surface area contributed by atoms with E-state index in [1.807, 2.05) is 0 Å². The van der Waals surface area contributed by atoms with Gasteiger partial charge in [0.15, 0.2) is 12.2 Å². The molecule has 0 aromatic carbocycles. The van der Waals surface area contributed by atoms with E-state index in [9.17, 15) is 43.2 Å². The summed E-state index contributed by atoms with van der Waals surface area (Å²) in [6, 6.07) is 0. The van der Waals surface area contributed by atoms with Crippen LogP contribution in [0.25, 0.3) is 0 Å². The summed E-state index contributed by atoms with van der Waals surface area (Å²) in [6.07, 6.45) is 89.6. The van der Waals surface area contributed by atoms with Crippen LogP contribution in [0, 0.1) is 0 Å². The summed E-state index contributed by atoms with van der Waals surface area (Å²) in [5.74, 6) is -2.25. The van der Waals surface area contributed by atoms with Gasteiger partial charge in [0.05, 0.1) is 26.4 Å². The number of carbonyl (C=O) groups is 4. The number of phosphoric acid groups is 2. The number of aliphatic hydroxyl groups is 1. The van der Waals surface area contributed by atoms with Crippen LogP contribution in [0.15, 0.2) is 146 Å². The lowest BCUT2D eigenvalue weighted by molar-refractivity contribution is -0.161. The second-order valence-electron chi connectivity index (χ2n) is 27.0. The number of rotatable bonds is 76. The molecule has 3 N–H and O–H groups in total. The maximum absolute atomic E-state index is 13.1. The molecule has 17 nitrogen and oxygen atoms in total. The number of phosphoric ester groups is 2. The van der Waals surface area contributed by atoms with E-state index in [2.05, 4.69) is 174 Å². The quantitative estimate of drug-likeness (QED) is 0.0169. The van der Waals surface area contributed by atoms with Gasteiger partial charge in [-0.15, -0.1) is 0 Å². The monoisotopic (exact) mass is 1530 g/mol. The van der Waals surface area contributed by atoms with E-state index < -0.39 is 97.5 Å². The number of hydrogen-bond donors (Lipinski definition) is 3. The van der Waals surface area contributed by atoms with E-state index in [-0.39, 0.29) is 25.7 Å². The fraction of sp³-hybridized carbons (Fsp3) is 0.678. The molecule has 0 aromatic heterocycles. The number of allylic oxidation sites excluding steroid dienone is 24. The Hall–Kier alpha value is -5.06. The van der Waals surface area contributed by atoms with Crippen LogP contribution >= 0.6 is 15.6 Å². The molecule has 0 aliphatic carbocycles. The maximum Gasteiger partial charge on any atom is 0.472 e. The highest BCUT2D eigenvalue weighted by Crippen LogP contribution is 2.45. The zero-order valence-electron chi connectivity index (χ0n) is 66.3. The van der Waals surface area contributed by atoms with Crippen molar-refractivity contribution < 1.29 is 80.2 Å². The summed E-state index contributed by atoms with van der Waals surface area (Å²) in [7, 11) is -9.98. The number of ether oxygens (including phenoxy) is 4. The Labute approximate surface area is 643 Å². The Bertz CT molecular complexity index is 2580. The van der Waals surface area contributed by atoms with Crippen LogP contribution in [-0.4, -0.2) is 96.7 Å². The number of hydrogen-bond acceptors (Lipinski definition) is 15. The Balaban J connectivity index is 5.41. The topological polar surface area (TPSA) is 237 Å². The summed E-state index contributed by atoms with van der Waals surface area (Å²) in [5, 5.41) is 10.6. The van der Waals surface area contributed by atoms with Gasteiger partial charge in [-0.2, -0.15) is 0 Å². The fourth-order valence-corrected chi connectivity index (χ4v) is 12.2. The van der Waals surface area contributed by atoms with Crippen LogP contribution in [0.2, 0.25) is 0 Å². The van der Waals surface area contributed by atoms with Gasteiger partial charge in [-0.1, -0.05) is 296 Å². The van der Waals surface area contributed by atoms with Crippen molar-refractivity contribution in [2.24, 2.45) is 0 Å². The molecule has 5 unspecified atom stereocenters. The molecule has 0 aromatic rings. The third-order valence-electron chi connectivity index (χ3n) is 16.8. The van der Waals surface area contributed by atoms with Gasteiger partial charge >= 0.3 is 39.5 Å². The zero-order valence-corrected chi connectivity index (χ0v) is 68.1. The van der Waals surface area contributed by atoms with E-state index in [1.165, 1.54) is 57.8 Å². The lowest BCUT2D eigenvalue weighted by Gasteiger charge is -2.21. The second-order valence-corrected chi connectivity index (χ2v) is 29.9. The smallest absolute Gasteiger partial charge is 0.462 e. The molecule has 19 heteroatoms. The van der Waals surface area contributed by atoms with Crippen LogP contribution in [0.5, 0.6) is 0 Å². The van der Waals surface area contributed by atoms with Crippen molar-refractivity contribution in [1.82, 2.24) is 0 Å². The lowest BCUT2D eigenvalue weighted by atomic mass is 10.1. The molecule has 0 spiro atoms. The molecule has 0 bridgehead atoms. The van der Waals surface area contributed by atoms with Gasteiger partial charge in [0.1, 0.15) is 19.3 Å². The van der Waals surface area contributed by atoms with E-state index in [0.29, 0.717) is 25.7 Å². The Morgan fingerprint density at radius 3 is 0.783 bits per heavy atom. The predicted octanol–water partition coefficient (Wildman–Crippen LogP) is 24.2. The first-order chi connectivity index (χ1) is 51.7. The minimum atomic E-state index is -5.00. The van der Waals surface area contributed by atoms with Crippen LogP contribution in [0.1, 0.15) is 323 Å². The number of esters is 4. The number of aliphatic hydroxyl groups excluding tert-OH is 1. The van der Waals surface area contributed by atoms with Crippen LogP contribution in [0.3, 0.4) is 0 Å². The van der Waals surface area contributed by atoms with Gasteiger partial charge in [0, 0.05) is 25.7 Å². The van der Waals surface area contributed by atoms with Crippen LogP contribution in [0.4, 0.5) is 0 Å². The molecule has 0 rings (SSSR count). The molecule has 0 saturated carbocycles. The van der Waals surface area contributed by atoms with Crippen molar-refractivity contribution in [3.63, 3.8) is 0 Å². The average Bonchev–Trinajstić information content (AvgIpc) is 0.901. The van der Waals surface area contributed by atoms with Crippen molar-refractivity contribution in [1.29, 1.82) is 0 Å². The van der Waals surface area contributed by atoms with Gasteiger partial charge < -0.3 is 33.8 Å². The molecule has 0 saturated heterocycles. The SMILES string of the molecule is CC/C=C\C/C=C\C/C=C\C/C=C\C/C=C\CCCCCC(=O)OCC(COP(=O)(O)OCC(O)COP(=O)(O)OCC(COC(=O)CCCCCC/C=C\C/C=C\C/C=C\C/C=C\CC)OC(=O)CCCCCCCCCCCCC)OC(=O)CCCCCCCC/C=C\C/C=C\C/C=C\CCCCC. The second kappa shape index (κ2) is 78.1. The van der Waals surface area contributed by atoms with Crippen molar-refractivity contribution in [3.8, 4) is 0 Å². The molecule has 0 fully saturated rings. The van der Waals surface area contributed by atoms with Gasteiger partial charge in [0.25, 0.3) is 0 Å². The Morgan fingerprint density at radius 2 is 0.491 bits per heavy atom. The molecule has 0 aliphatic heterocycles. The average molecular weight is 1530 g/mol. The molecular formula is C87H146O17P2. The minimum Gasteiger partial charge on any atom is -0.462 e. The van der Waals surface area contributed by atoms with Crippen LogP contribution < -0.4 is 0 Å². The molecule has 0 heterocycles. The third kappa shape index (κ3) is 77.1. The van der Waals surface area contributed by atoms with Gasteiger partial charge in [-0.3, -0.25) is 37.3 Å². The Morgan fingerprint density at radius 1 is 0.274 bits per heavy atom. The third-order valence-corrected chi connectivity index (χ3v) is 18.7. The maximum atomic E-state index is 13.1. The standard InChI is InChI=1S/C87H146O17P2/c1-5-9-13-17-21-25-29-32-35-38-40-43-46-49-53-56-60-64-68-72-85(90)98-78-83(104-87(92)74-70-66-62-58-54-50-47-44-41-39-36-33-30-26-22-18-14-10-6-2)80-102-106(95,96)100-76-81(88)75-99-105(93,94)101-79-82(103-86(91)73-69-65-61-57-51-28-24-20-16-12-8-4)77-97-84(89)71-67-63-59-55-52-48-45-42-37-34-31-27-23-19-15-11-7-3/h9,11,13,15,21-23,25-27,32-37,40-41,43-45,48-49,53,81-83,88H,5-8,10,12,14,16-20,24,28-31,38-39,42,46-47,50-52,54-80H2,1-4H3,(H,93,94)(H,95,96)/b13-9-,15-11-,25-21-,26-22-,27-23-,35-32-,36-33-,37-34-,43-40-,44-41-,48-45-,53-49-. The zero-order chi connectivity index (χ0) is 77.4. The first-order valence-electron chi connectivity index (χ1n) is 41.1. The van der Waals surface area contributed by atoms with E-state index >= 15 is 0 Å². The summed E-state index contributed by atoms with van der Waals surface area (Å²) < 4.78 is 68.6. The highest BCUT2D eigenvalue weighted by atomic mass is 31.2. The largest absolute Gasteiger partial charge is 0.472 e. The van der Waals surface area contributed by atoms with Crippen molar-refractivity contribution >= 4 is 39.5 Å². The first kappa shape index (κ1) is 101. The molecular weight excluding hydrogens is 1380 g/mol. The Kier molecular flexibility index (Phi) is 74.3. The van der Waals surface area contributed by atoms with E-state index in [0.717, 1.165) is 186 Å². The molecule has 0 amide bonds. The van der Waals surface area contributed by atoms with Crippen LogP contribution in [-0.2, 0) is 65.4 Å². The summed E-state index contributed by atoms with van der Waals surface area (Å²) in [5.41, 5.74) is 0. The van der Waals surface area contributed by atoms with E-state index in [1.54, 1.807) is 0 Å². The van der Waals surface area contributed by atoms with Gasteiger partial charge in [-0.25, -0.2) is 9.13 Å². The summed E-state index contributed by atoms with van der Waals surface area (Å²) >= 11 is 0. The molecule has 0 aliphatic rings. The normalized spacial score (nSPS) is 14.6. The first-order valence-corrected chi connectivity index (χ1v) is 44.1. The number of unbranched alkanes of at least 4 members (excludes halogenated alkanes) is 26. The van der Waals surface area contributed by atoms with Crippen molar-refractivity contribution in [3.05, 3.63) is 146 Å². The molecule has 5 atom stereocenters. The lowest BCUT2D eigenvalue weighted by Crippen LogP contribution is -2.30.